The van der Waals surface area contributed by atoms with E-state index in [9.17, 15) is 0 Å². The summed E-state index contributed by atoms with van der Waals surface area (Å²) < 4.78 is 5.62. The van der Waals surface area contributed by atoms with Crippen molar-refractivity contribution in [3.8, 4) is 5.88 Å². The predicted octanol–water partition coefficient (Wildman–Crippen LogP) is 3.76. The van der Waals surface area contributed by atoms with Crippen molar-refractivity contribution in [2.45, 2.75) is 33.7 Å². The molecule has 2 aromatic rings. The number of aromatic nitrogens is 1. The Kier molecular flexibility index (Phi) is 3.70. The Morgan fingerprint density at radius 1 is 1.28 bits per heavy atom. The lowest BCUT2D eigenvalue weighted by Gasteiger charge is -2.15. The van der Waals surface area contributed by atoms with Crippen molar-refractivity contribution in [1.82, 2.24) is 4.98 Å². The molecule has 0 unspecified atom stereocenters. The van der Waals surface area contributed by atoms with Gasteiger partial charge in [0, 0.05) is 28.2 Å². The lowest BCUT2D eigenvalue weighted by molar-refractivity contribution is 0.331. The van der Waals surface area contributed by atoms with Crippen molar-refractivity contribution in [2.75, 3.05) is 11.9 Å². The van der Waals surface area contributed by atoms with Gasteiger partial charge in [0.2, 0.25) is 5.88 Å². The molecule has 0 amide bonds. The lowest BCUT2D eigenvalue weighted by atomic mass is 10.1. The SMILES string of the molecule is CCOc1nc(C)cc2c(NC(C)C)cccc12. The molecule has 2 rings (SSSR count). The maximum Gasteiger partial charge on any atom is 0.221 e. The van der Waals surface area contributed by atoms with Crippen LogP contribution in [0.4, 0.5) is 5.69 Å². The molecule has 0 bridgehead atoms. The Morgan fingerprint density at radius 2 is 2.06 bits per heavy atom. The van der Waals surface area contributed by atoms with Gasteiger partial charge in [-0.1, -0.05) is 6.07 Å². The summed E-state index contributed by atoms with van der Waals surface area (Å²) in [7, 11) is 0. The third kappa shape index (κ3) is 2.55. The second kappa shape index (κ2) is 5.25. The van der Waals surface area contributed by atoms with Crippen LogP contribution in [0.5, 0.6) is 5.88 Å². The topological polar surface area (TPSA) is 34.1 Å². The van der Waals surface area contributed by atoms with Crippen molar-refractivity contribution >= 4 is 16.5 Å². The number of aryl methyl sites for hydroxylation is 1. The molecule has 1 N–H and O–H groups in total. The van der Waals surface area contributed by atoms with Crippen LogP contribution >= 0.6 is 0 Å². The quantitative estimate of drug-likeness (QED) is 0.889. The molecule has 3 heteroatoms. The summed E-state index contributed by atoms with van der Waals surface area (Å²) in [5, 5.41) is 5.69. The number of nitrogens with one attached hydrogen (secondary N) is 1. The minimum Gasteiger partial charge on any atom is -0.478 e. The van der Waals surface area contributed by atoms with Crippen LogP contribution in [0.3, 0.4) is 0 Å². The zero-order valence-electron chi connectivity index (χ0n) is 11.4. The first kappa shape index (κ1) is 12.7. The first-order valence-corrected chi connectivity index (χ1v) is 6.41. The van der Waals surface area contributed by atoms with Gasteiger partial charge in [0.15, 0.2) is 0 Å². The minimum atomic E-state index is 0.402. The Hall–Kier alpha value is -1.77. The molecule has 1 heterocycles. The van der Waals surface area contributed by atoms with E-state index < -0.39 is 0 Å². The van der Waals surface area contributed by atoms with E-state index in [-0.39, 0.29) is 0 Å². The molecule has 0 spiro atoms. The van der Waals surface area contributed by atoms with Gasteiger partial charge in [-0.2, -0.15) is 0 Å². The minimum absolute atomic E-state index is 0.402. The van der Waals surface area contributed by atoms with E-state index in [0.717, 1.165) is 22.6 Å². The van der Waals surface area contributed by atoms with E-state index in [2.05, 4.69) is 42.3 Å². The number of fused-ring (bicyclic) bond motifs is 1. The summed E-state index contributed by atoms with van der Waals surface area (Å²) in [5.41, 5.74) is 2.11. The van der Waals surface area contributed by atoms with Crippen LogP contribution < -0.4 is 10.1 Å². The molecule has 1 aromatic heterocycles. The Bertz CT molecular complexity index is 549. The van der Waals surface area contributed by atoms with Crippen molar-refractivity contribution in [3.05, 3.63) is 30.0 Å². The molecule has 0 aliphatic heterocycles. The number of anilines is 1. The van der Waals surface area contributed by atoms with E-state index in [1.54, 1.807) is 0 Å². The lowest BCUT2D eigenvalue weighted by Crippen LogP contribution is -2.10. The standard InChI is InChI=1S/C15H20N2O/c1-5-18-15-12-7-6-8-14(16-10(2)3)13(12)9-11(4)17-15/h6-10,16H,5H2,1-4H3. The van der Waals surface area contributed by atoms with Gasteiger partial charge in [-0.3, -0.25) is 0 Å². The largest absolute Gasteiger partial charge is 0.478 e. The van der Waals surface area contributed by atoms with Gasteiger partial charge in [0.05, 0.1) is 6.61 Å². The molecule has 18 heavy (non-hydrogen) atoms. The number of nitrogens with zero attached hydrogens (tertiary/aromatic N) is 1. The molecule has 0 fully saturated rings. The van der Waals surface area contributed by atoms with E-state index >= 15 is 0 Å². The Morgan fingerprint density at radius 3 is 2.72 bits per heavy atom. The van der Waals surface area contributed by atoms with Crippen LogP contribution in [0.15, 0.2) is 24.3 Å². The van der Waals surface area contributed by atoms with Gasteiger partial charge < -0.3 is 10.1 Å². The van der Waals surface area contributed by atoms with E-state index in [1.165, 1.54) is 5.39 Å². The summed E-state index contributed by atoms with van der Waals surface area (Å²) in [5.74, 6) is 0.722. The van der Waals surface area contributed by atoms with Crippen molar-refractivity contribution in [1.29, 1.82) is 0 Å². The normalized spacial score (nSPS) is 10.9. The first-order chi connectivity index (χ1) is 8.61. The zero-order chi connectivity index (χ0) is 13.1. The average molecular weight is 244 g/mol. The second-order valence-corrected chi connectivity index (χ2v) is 4.70. The highest BCUT2D eigenvalue weighted by molar-refractivity contribution is 5.97. The third-order valence-corrected chi connectivity index (χ3v) is 2.69. The van der Waals surface area contributed by atoms with Crippen LogP contribution in [0.1, 0.15) is 26.5 Å². The summed E-state index contributed by atoms with van der Waals surface area (Å²) in [4.78, 5) is 4.46. The van der Waals surface area contributed by atoms with Gasteiger partial charge >= 0.3 is 0 Å². The van der Waals surface area contributed by atoms with Crippen molar-refractivity contribution in [3.63, 3.8) is 0 Å². The summed E-state index contributed by atoms with van der Waals surface area (Å²) in [6.45, 7) is 8.88. The van der Waals surface area contributed by atoms with Crippen LogP contribution in [0.25, 0.3) is 10.8 Å². The molecule has 3 nitrogen and oxygen atoms in total. The van der Waals surface area contributed by atoms with Gasteiger partial charge in [0.25, 0.3) is 0 Å². The molecule has 0 saturated heterocycles. The molecule has 0 saturated carbocycles. The fraction of sp³-hybridized carbons (Fsp3) is 0.400. The molecule has 0 atom stereocenters. The smallest absolute Gasteiger partial charge is 0.221 e. The molecule has 0 aliphatic carbocycles. The first-order valence-electron chi connectivity index (χ1n) is 6.41. The zero-order valence-corrected chi connectivity index (χ0v) is 11.4. The maximum atomic E-state index is 5.62. The van der Waals surface area contributed by atoms with Crippen LogP contribution in [-0.4, -0.2) is 17.6 Å². The number of rotatable bonds is 4. The van der Waals surface area contributed by atoms with Crippen LogP contribution in [-0.2, 0) is 0 Å². The Labute approximate surface area is 108 Å². The number of benzene rings is 1. The van der Waals surface area contributed by atoms with Crippen molar-refractivity contribution in [2.24, 2.45) is 0 Å². The Balaban J connectivity index is 2.61. The number of hydrogen-bond acceptors (Lipinski definition) is 3. The van der Waals surface area contributed by atoms with Gasteiger partial charge in [-0.15, -0.1) is 0 Å². The van der Waals surface area contributed by atoms with Crippen LogP contribution in [0, 0.1) is 6.92 Å². The maximum absolute atomic E-state index is 5.62. The van der Waals surface area contributed by atoms with Crippen LogP contribution in [0.2, 0.25) is 0 Å². The van der Waals surface area contributed by atoms with Gasteiger partial charge in [-0.25, -0.2) is 4.98 Å². The van der Waals surface area contributed by atoms with E-state index in [0.29, 0.717) is 12.6 Å². The molecule has 96 valence electrons. The third-order valence-electron chi connectivity index (χ3n) is 2.69. The van der Waals surface area contributed by atoms with Gasteiger partial charge in [0.1, 0.15) is 0 Å². The fourth-order valence-electron chi connectivity index (χ4n) is 2.05. The number of ether oxygens (including phenoxy) is 1. The molecule has 1 aromatic carbocycles. The highest BCUT2D eigenvalue weighted by atomic mass is 16.5. The van der Waals surface area contributed by atoms with E-state index in [1.807, 2.05) is 19.9 Å². The predicted molar refractivity (Wildman–Crippen MR) is 76.4 cm³/mol. The number of hydrogen-bond donors (Lipinski definition) is 1. The highest BCUT2D eigenvalue weighted by Crippen LogP contribution is 2.30. The summed E-state index contributed by atoms with van der Waals surface area (Å²) in [6, 6.07) is 8.69. The fourth-order valence-corrected chi connectivity index (χ4v) is 2.05. The van der Waals surface area contributed by atoms with E-state index in [4.69, 9.17) is 4.74 Å². The molecule has 0 aliphatic rings. The average Bonchev–Trinajstić information content (AvgIpc) is 2.30. The summed E-state index contributed by atoms with van der Waals surface area (Å²) >= 11 is 0. The molecule has 0 radical (unpaired) electrons. The van der Waals surface area contributed by atoms with Crippen molar-refractivity contribution < 1.29 is 4.74 Å². The second-order valence-electron chi connectivity index (χ2n) is 4.70. The van der Waals surface area contributed by atoms with Gasteiger partial charge in [-0.05, 0) is 45.9 Å². The highest BCUT2D eigenvalue weighted by Gasteiger charge is 2.09. The monoisotopic (exact) mass is 244 g/mol. The number of pyridine rings is 1. The molecular weight excluding hydrogens is 224 g/mol. The molecular formula is C15H20N2O. The summed E-state index contributed by atoms with van der Waals surface area (Å²) in [6.07, 6.45) is 0.